The first-order chi connectivity index (χ1) is 7.20. The molecule has 0 saturated carbocycles. The molecule has 1 unspecified atom stereocenters. The van der Waals surface area contributed by atoms with Crippen LogP contribution < -0.4 is 15.2 Å². The van der Waals surface area contributed by atoms with E-state index in [2.05, 4.69) is 5.14 Å². The Morgan fingerprint density at radius 1 is 1.50 bits per heavy atom. The molecule has 0 aliphatic carbocycles. The number of β-lactam (4-membered cyclic amide) rings is 1. The van der Waals surface area contributed by atoms with Crippen molar-refractivity contribution in [3.63, 3.8) is 0 Å². The van der Waals surface area contributed by atoms with Crippen molar-refractivity contribution in [1.82, 2.24) is 14.9 Å². The fourth-order valence-corrected chi connectivity index (χ4v) is 1.40. The summed E-state index contributed by atoms with van der Waals surface area (Å²) in [4.78, 5) is 32.8. The number of amides is 4. The van der Waals surface area contributed by atoms with E-state index in [1.807, 2.05) is 5.32 Å². The molecule has 0 aromatic heterocycles. The van der Waals surface area contributed by atoms with E-state index in [0.29, 0.717) is 4.90 Å². The molecule has 0 bridgehead atoms. The van der Waals surface area contributed by atoms with Crippen molar-refractivity contribution < 1.29 is 27.9 Å². The van der Waals surface area contributed by atoms with Gasteiger partial charge < -0.3 is 10.4 Å². The summed E-state index contributed by atoms with van der Waals surface area (Å²) in [5.41, 5.74) is 0. The molecule has 0 aromatic carbocycles. The highest BCUT2D eigenvalue weighted by molar-refractivity contribution is 7.87. The normalized spacial score (nSPS) is 19.9. The zero-order valence-corrected chi connectivity index (χ0v) is 8.52. The Hall–Kier alpha value is -1.88. The van der Waals surface area contributed by atoms with Crippen LogP contribution in [0.2, 0.25) is 0 Å². The third-order valence-corrected chi connectivity index (χ3v) is 2.16. The highest BCUT2D eigenvalue weighted by atomic mass is 32.2. The summed E-state index contributed by atoms with van der Waals surface area (Å²) < 4.78 is 22.3. The molecule has 0 aromatic rings. The molecular weight excluding hydrogens is 244 g/mol. The molecule has 10 nitrogen and oxygen atoms in total. The van der Waals surface area contributed by atoms with Crippen LogP contribution in [0.4, 0.5) is 9.59 Å². The molecule has 16 heavy (non-hydrogen) atoms. The first-order valence-corrected chi connectivity index (χ1v) is 5.40. The van der Waals surface area contributed by atoms with Gasteiger partial charge in [0.25, 0.3) is 16.1 Å². The maximum Gasteiger partial charge on any atom is 0.405 e. The van der Waals surface area contributed by atoms with Crippen LogP contribution in [0.25, 0.3) is 0 Å². The zero-order chi connectivity index (χ0) is 12.5. The van der Waals surface area contributed by atoms with Crippen LogP contribution >= 0.6 is 0 Å². The second-order valence-corrected chi connectivity index (χ2v) is 4.20. The van der Waals surface area contributed by atoms with Gasteiger partial charge in [-0.25, -0.2) is 19.5 Å². The van der Waals surface area contributed by atoms with Crippen molar-refractivity contribution in [3.8, 4) is 0 Å². The lowest BCUT2D eigenvalue weighted by atomic mass is 10.1. The Labute approximate surface area is 89.6 Å². The van der Waals surface area contributed by atoms with Gasteiger partial charge in [-0.2, -0.15) is 8.42 Å². The SMILES string of the molecule is NS(=O)(=O)NC(=O)N1CC(NC(=O)O)C1=O. The number of nitrogens with two attached hydrogens (primary N) is 1. The number of likely N-dealkylation sites (tertiary alicyclic amines) is 1. The van der Waals surface area contributed by atoms with Crippen LogP contribution in [0.3, 0.4) is 0 Å². The van der Waals surface area contributed by atoms with Gasteiger partial charge in [0, 0.05) is 0 Å². The van der Waals surface area contributed by atoms with E-state index in [1.54, 1.807) is 0 Å². The van der Waals surface area contributed by atoms with E-state index in [1.165, 1.54) is 4.72 Å². The number of hydrogen-bond donors (Lipinski definition) is 4. The van der Waals surface area contributed by atoms with E-state index in [-0.39, 0.29) is 6.54 Å². The number of carbonyl (C=O) groups is 3. The standard InChI is InChI=1S/C5H8N4O6S/c6-16(14,15)8-4(11)9-1-2(3(9)10)7-5(12)13/h2,7H,1H2,(H,8,11)(H,12,13)(H2,6,14,15). The lowest BCUT2D eigenvalue weighted by molar-refractivity contribution is -0.138. The molecular formula is C5H8N4O6S. The number of nitrogens with one attached hydrogen (secondary N) is 2. The Morgan fingerprint density at radius 2 is 2.06 bits per heavy atom. The molecule has 0 spiro atoms. The highest BCUT2D eigenvalue weighted by Gasteiger charge is 2.42. The zero-order valence-electron chi connectivity index (χ0n) is 7.71. The maximum absolute atomic E-state index is 11.1. The van der Waals surface area contributed by atoms with Crippen LogP contribution in [0.1, 0.15) is 0 Å². The van der Waals surface area contributed by atoms with Gasteiger partial charge in [-0.1, -0.05) is 0 Å². The number of nitrogens with zero attached hydrogens (tertiary/aromatic N) is 1. The summed E-state index contributed by atoms with van der Waals surface area (Å²) >= 11 is 0. The quantitative estimate of drug-likeness (QED) is 0.393. The second-order valence-electron chi connectivity index (χ2n) is 2.90. The topological polar surface area (TPSA) is 159 Å². The molecule has 5 N–H and O–H groups in total. The third-order valence-electron chi connectivity index (χ3n) is 1.70. The van der Waals surface area contributed by atoms with Crippen LogP contribution in [-0.2, 0) is 15.0 Å². The van der Waals surface area contributed by atoms with Crippen molar-refractivity contribution in [2.45, 2.75) is 6.04 Å². The molecule has 4 amide bonds. The number of carboxylic acid groups (broad SMARTS) is 1. The lowest BCUT2D eigenvalue weighted by Crippen LogP contribution is -2.67. The van der Waals surface area contributed by atoms with Gasteiger partial charge in [-0.3, -0.25) is 9.69 Å². The van der Waals surface area contributed by atoms with Gasteiger partial charge in [-0.05, 0) is 0 Å². The minimum absolute atomic E-state index is 0.244. The first kappa shape index (κ1) is 12.2. The minimum Gasteiger partial charge on any atom is -0.465 e. The summed E-state index contributed by atoms with van der Waals surface area (Å²) in [6.45, 7) is -0.244. The van der Waals surface area contributed by atoms with Crippen LogP contribution in [0.5, 0.6) is 0 Å². The number of carbonyl (C=O) groups excluding carboxylic acids is 2. The monoisotopic (exact) mass is 252 g/mol. The van der Waals surface area contributed by atoms with Crippen LogP contribution in [0.15, 0.2) is 0 Å². The van der Waals surface area contributed by atoms with Gasteiger partial charge in [0.1, 0.15) is 6.04 Å². The van der Waals surface area contributed by atoms with Crippen LogP contribution in [-0.4, -0.2) is 49.0 Å². The van der Waals surface area contributed by atoms with E-state index in [9.17, 15) is 22.8 Å². The average molecular weight is 252 g/mol. The van der Waals surface area contributed by atoms with Gasteiger partial charge in [0.2, 0.25) is 0 Å². The molecule has 90 valence electrons. The second kappa shape index (κ2) is 3.94. The summed E-state index contributed by atoms with van der Waals surface area (Å²) in [6.07, 6.45) is -1.41. The van der Waals surface area contributed by atoms with Crippen molar-refractivity contribution in [2.24, 2.45) is 5.14 Å². The summed E-state index contributed by atoms with van der Waals surface area (Å²) in [5, 5.41) is 14.6. The predicted octanol–water partition coefficient (Wildman–Crippen LogP) is -2.62. The Balaban J connectivity index is 2.53. The minimum atomic E-state index is -4.24. The van der Waals surface area contributed by atoms with Crippen molar-refractivity contribution in [1.29, 1.82) is 0 Å². The third kappa shape index (κ3) is 2.80. The van der Waals surface area contributed by atoms with E-state index < -0.39 is 34.3 Å². The van der Waals surface area contributed by atoms with Crippen molar-refractivity contribution >= 4 is 28.2 Å². The molecule has 1 aliphatic rings. The van der Waals surface area contributed by atoms with Crippen molar-refractivity contribution in [2.75, 3.05) is 6.54 Å². The molecule has 1 rings (SSSR count). The fourth-order valence-electron chi connectivity index (χ4n) is 1.04. The highest BCUT2D eigenvalue weighted by Crippen LogP contribution is 2.10. The Morgan fingerprint density at radius 3 is 2.44 bits per heavy atom. The van der Waals surface area contributed by atoms with E-state index in [4.69, 9.17) is 5.11 Å². The largest absolute Gasteiger partial charge is 0.465 e. The van der Waals surface area contributed by atoms with Crippen molar-refractivity contribution in [3.05, 3.63) is 0 Å². The molecule has 11 heteroatoms. The Kier molecular flexibility index (Phi) is 3.00. The van der Waals surface area contributed by atoms with Gasteiger partial charge >= 0.3 is 12.1 Å². The maximum atomic E-state index is 11.1. The smallest absolute Gasteiger partial charge is 0.405 e. The van der Waals surface area contributed by atoms with Crippen LogP contribution in [0, 0.1) is 0 Å². The molecule has 1 heterocycles. The van der Waals surface area contributed by atoms with Gasteiger partial charge in [0.05, 0.1) is 6.54 Å². The molecule has 0 radical (unpaired) electrons. The first-order valence-electron chi connectivity index (χ1n) is 3.86. The number of urea groups is 1. The van der Waals surface area contributed by atoms with E-state index in [0.717, 1.165) is 0 Å². The summed E-state index contributed by atoms with van der Waals surface area (Å²) in [5.74, 6) is -0.844. The predicted molar refractivity (Wildman–Crippen MR) is 48.3 cm³/mol. The van der Waals surface area contributed by atoms with Gasteiger partial charge in [0.15, 0.2) is 0 Å². The fraction of sp³-hybridized carbons (Fsp3) is 0.400. The molecule has 1 saturated heterocycles. The number of imide groups is 1. The molecule has 1 aliphatic heterocycles. The number of hydrogen-bond acceptors (Lipinski definition) is 5. The number of rotatable bonds is 2. The lowest BCUT2D eigenvalue weighted by Gasteiger charge is -2.35. The Bertz CT molecular complexity index is 444. The summed E-state index contributed by atoms with van der Waals surface area (Å²) in [6, 6.07) is -2.25. The van der Waals surface area contributed by atoms with E-state index >= 15 is 0 Å². The average Bonchev–Trinajstić information content (AvgIpc) is 2.07. The summed E-state index contributed by atoms with van der Waals surface area (Å²) in [7, 11) is -4.24. The molecule has 1 fully saturated rings. The van der Waals surface area contributed by atoms with Gasteiger partial charge in [-0.15, -0.1) is 0 Å². The molecule has 1 atom stereocenters.